The number of hydrogen-bond donors (Lipinski definition) is 3. The lowest BCUT2D eigenvalue weighted by molar-refractivity contribution is 0.474. The molecule has 76 valence electrons. The van der Waals surface area contributed by atoms with Crippen LogP contribution in [0.15, 0.2) is 42.5 Å². The third-order valence-corrected chi connectivity index (χ3v) is 2.20. The van der Waals surface area contributed by atoms with Crippen LogP contribution in [-0.2, 0) is 0 Å². The Kier molecular flexibility index (Phi) is 2.21. The van der Waals surface area contributed by atoms with Crippen LogP contribution in [0.3, 0.4) is 0 Å². The van der Waals surface area contributed by atoms with Crippen molar-refractivity contribution >= 4 is 5.69 Å². The molecule has 0 aliphatic rings. The average molecular weight is 201 g/mol. The smallest absolute Gasteiger partial charge is 0.123 e. The number of benzene rings is 2. The minimum atomic E-state index is 0.176. The monoisotopic (exact) mass is 201 g/mol. The summed E-state index contributed by atoms with van der Waals surface area (Å²) in [6, 6.07) is 11.5. The molecule has 3 nitrogen and oxygen atoms in total. The molecule has 0 bridgehead atoms. The molecule has 2 aromatic carbocycles. The number of nitrogen functional groups attached to an aromatic ring is 1. The Morgan fingerprint density at radius 3 is 2.20 bits per heavy atom. The topological polar surface area (TPSA) is 66.5 Å². The summed E-state index contributed by atoms with van der Waals surface area (Å²) in [5.41, 5.74) is 7.71. The molecule has 4 N–H and O–H groups in total. The van der Waals surface area contributed by atoms with Crippen LogP contribution in [0, 0.1) is 0 Å². The SMILES string of the molecule is Nc1ccc(O)c(-c2ccc(O)cc2)c1. The van der Waals surface area contributed by atoms with Crippen molar-refractivity contribution < 1.29 is 10.2 Å². The molecule has 15 heavy (non-hydrogen) atoms. The molecular weight excluding hydrogens is 190 g/mol. The molecule has 3 heteroatoms. The lowest BCUT2D eigenvalue weighted by Crippen LogP contribution is -1.86. The summed E-state index contributed by atoms with van der Waals surface area (Å²) >= 11 is 0. The summed E-state index contributed by atoms with van der Waals surface area (Å²) in [6.45, 7) is 0. The van der Waals surface area contributed by atoms with Crippen molar-refractivity contribution in [2.24, 2.45) is 0 Å². The number of hydrogen-bond acceptors (Lipinski definition) is 3. The highest BCUT2D eigenvalue weighted by molar-refractivity contribution is 5.73. The average Bonchev–Trinajstić information content (AvgIpc) is 2.23. The number of phenolic OH excluding ortho intramolecular Hbond substituents is 2. The molecule has 0 aromatic heterocycles. The molecule has 2 rings (SSSR count). The highest BCUT2D eigenvalue weighted by Crippen LogP contribution is 2.31. The van der Waals surface area contributed by atoms with Gasteiger partial charge in [0.1, 0.15) is 11.5 Å². The number of rotatable bonds is 1. The molecule has 0 amide bonds. The summed E-state index contributed by atoms with van der Waals surface area (Å²) in [4.78, 5) is 0. The van der Waals surface area contributed by atoms with Crippen LogP contribution in [0.1, 0.15) is 0 Å². The number of phenols is 2. The summed E-state index contributed by atoms with van der Waals surface area (Å²) in [7, 11) is 0. The van der Waals surface area contributed by atoms with Crippen molar-refractivity contribution in [3.05, 3.63) is 42.5 Å². The molecule has 0 heterocycles. The lowest BCUT2D eigenvalue weighted by Gasteiger charge is -2.05. The van der Waals surface area contributed by atoms with Gasteiger partial charge in [0, 0.05) is 11.3 Å². The zero-order chi connectivity index (χ0) is 10.8. The molecule has 0 aliphatic heterocycles. The predicted octanol–water partition coefficient (Wildman–Crippen LogP) is 2.35. The molecule has 0 unspecified atom stereocenters. The van der Waals surface area contributed by atoms with E-state index in [2.05, 4.69) is 0 Å². The summed E-state index contributed by atoms with van der Waals surface area (Å²) in [6.07, 6.45) is 0. The van der Waals surface area contributed by atoms with Crippen LogP contribution >= 0.6 is 0 Å². The molecule has 0 aliphatic carbocycles. The number of anilines is 1. The third-order valence-electron chi connectivity index (χ3n) is 2.20. The Balaban J connectivity index is 2.53. The van der Waals surface area contributed by atoms with Crippen LogP contribution < -0.4 is 5.73 Å². The molecule has 0 radical (unpaired) electrons. The Bertz CT molecular complexity index is 477. The van der Waals surface area contributed by atoms with Gasteiger partial charge in [0.25, 0.3) is 0 Å². The fourth-order valence-corrected chi connectivity index (χ4v) is 1.43. The van der Waals surface area contributed by atoms with Crippen molar-refractivity contribution in [1.82, 2.24) is 0 Å². The maximum atomic E-state index is 9.64. The molecular formula is C12H11NO2. The second-order valence-electron chi connectivity index (χ2n) is 3.32. The Hall–Kier alpha value is -2.16. The van der Waals surface area contributed by atoms with Crippen LogP contribution in [0.4, 0.5) is 5.69 Å². The quantitative estimate of drug-likeness (QED) is 0.490. The van der Waals surface area contributed by atoms with Crippen LogP contribution in [0.5, 0.6) is 11.5 Å². The minimum Gasteiger partial charge on any atom is -0.508 e. The highest BCUT2D eigenvalue weighted by atomic mass is 16.3. The zero-order valence-electron chi connectivity index (χ0n) is 8.01. The normalized spacial score (nSPS) is 10.1. The first-order valence-corrected chi connectivity index (χ1v) is 4.55. The van der Waals surface area contributed by atoms with E-state index in [4.69, 9.17) is 10.8 Å². The van der Waals surface area contributed by atoms with Gasteiger partial charge in [-0.05, 0) is 35.9 Å². The van der Waals surface area contributed by atoms with E-state index in [9.17, 15) is 5.11 Å². The van der Waals surface area contributed by atoms with Gasteiger partial charge in [-0.25, -0.2) is 0 Å². The van der Waals surface area contributed by atoms with E-state index in [1.54, 1.807) is 42.5 Å². The third kappa shape index (κ3) is 1.86. The summed E-state index contributed by atoms with van der Waals surface area (Å²) < 4.78 is 0. The van der Waals surface area contributed by atoms with Crippen molar-refractivity contribution in [1.29, 1.82) is 0 Å². The van der Waals surface area contributed by atoms with E-state index < -0.39 is 0 Å². The van der Waals surface area contributed by atoms with Crippen molar-refractivity contribution in [3.8, 4) is 22.6 Å². The molecule has 0 spiro atoms. The standard InChI is InChI=1S/C12H11NO2/c13-9-3-6-12(15)11(7-9)8-1-4-10(14)5-2-8/h1-7,14-15H,13H2. The van der Waals surface area contributed by atoms with Gasteiger partial charge in [-0.1, -0.05) is 12.1 Å². The van der Waals surface area contributed by atoms with Crippen LogP contribution in [-0.4, -0.2) is 10.2 Å². The first kappa shape index (κ1) is 9.40. The maximum absolute atomic E-state index is 9.64. The van der Waals surface area contributed by atoms with E-state index in [0.717, 1.165) is 5.56 Å². The van der Waals surface area contributed by atoms with Gasteiger partial charge in [-0.2, -0.15) is 0 Å². The van der Waals surface area contributed by atoms with E-state index in [0.29, 0.717) is 11.3 Å². The van der Waals surface area contributed by atoms with E-state index in [-0.39, 0.29) is 11.5 Å². The van der Waals surface area contributed by atoms with Crippen LogP contribution in [0.2, 0.25) is 0 Å². The van der Waals surface area contributed by atoms with Crippen molar-refractivity contribution in [3.63, 3.8) is 0 Å². The largest absolute Gasteiger partial charge is 0.508 e. The fraction of sp³-hybridized carbons (Fsp3) is 0. The van der Waals surface area contributed by atoms with E-state index in [1.807, 2.05) is 0 Å². The van der Waals surface area contributed by atoms with Gasteiger partial charge < -0.3 is 15.9 Å². The zero-order valence-corrected chi connectivity index (χ0v) is 8.01. The maximum Gasteiger partial charge on any atom is 0.123 e. The molecule has 2 aromatic rings. The Morgan fingerprint density at radius 2 is 1.53 bits per heavy atom. The molecule has 0 fully saturated rings. The van der Waals surface area contributed by atoms with E-state index in [1.165, 1.54) is 0 Å². The van der Waals surface area contributed by atoms with Gasteiger partial charge in [-0.3, -0.25) is 0 Å². The van der Waals surface area contributed by atoms with Gasteiger partial charge >= 0.3 is 0 Å². The van der Waals surface area contributed by atoms with Crippen molar-refractivity contribution in [2.75, 3.05) is 5.73 Å². The van der Waals surface area contributed by atoms with Gasteiger partial charge in [0.15, 0.2) is 0 Å². The van der Waals surface area contributed by atoms with E-state index >= 15 is 0 Å². The number of nitrogens with two attached hydrogens (primary N) is 1. The Labute approximate surface area is 87.4 Å². The lowest BCUT2D eigenvalue weighted by atomic mass is 10.0. The summed E-state index contributed by atoms with van der Waals surface area (Å²) in [5, 5.41) is 18.8. The molecule has 0 saturated carbocycles. The molecule has 0 atom stereocenters. The first-order chi connectivity index (χ1) is 7.16. The van der Waals surface area contributed by atoms with Gasteiger partial charge in [-0.15, -0.1) is 0 Å². The Morgan fingerprint density at radius 1 is 0.867 bits per heavy atom. The number of aromatic hydroxyl groups is 2. The van der Waals surface area contributed by atoms with Crippen LogP contribution in [0.25, 0.3) is 11.1 Å². The first-order valence-electron chi connectivity index (χ1n) is 4.55. The highest BCUT2D eigenvalue weighted by Gasteiger charge is 2.04. The molecule has 0 saturated heterocycles. The predicted molar refractivity (Wildman–Crippen MR) is 59.6 cm³/mol. The second kappa shape index (κ2) is 3.53. The van der Waals surface area contributed by atoms with Gasteiger partial charge in [0.2, 0.25) is 0 Å². The summed E-state index contributed by atoms with van der Waals surface area (Å²) in [5.74, 6) is 0.372. The minimum absolute atomic E-state index is 0.176. The van der Waals surface area contributed by atoms with Crippen molar-refractivity contribution in [2.45, 2.75) is 0 Å². The second-order valence-corrected chi connectivity index (χ2v) is 3.32. The van der Waals surface area contributed by atoms with Gasteiger partial charge in [0.05, 0.1) is 0 Å². The fourth-order valence-electron chi connectivity index (χ4n) is 1.43.